The highest BCUT2D eigenvalue weighted by Gasteiger charge is 2.13. The minimum Gasteiger partial charge on any atom is -0.481 e. The van der Waals surface area contributed by atoms with Crippen LogP contribution in [0.2, 0.25) is 0 Å². The molecule has 1 fully saturated rings. The minimum atomic E-state index is -0.828. The summed E-state index contributed by atoms with van der Waals surface area (Å²) in [7, 11) is 0. The van der Waals surface area contributed by atoms with Gasteiger partial charge in [-0.25, -0.2) is 9.97 Å². The molecule has 1 saturated heterocycles. The van der Waals surface area contributed by atoms with Crippen LogP contribution in [0.5, 0.6) is 0 Å². The van der Waals surface area contributed by atoms with Crippen molar-refractivity contribution in [1.82, 2.24) is 9.97 Å². The number of aryl methyl sites for hydroxylation is 1. The maximum atomic E-state index is 10.5. The number of anilines is 1. The molecule has 1 aliphatic heterocycles. The van der Waals surface area contributed by atoms with Gasteiger partial charge in [0, 0.05) is 25.7 Å². The topological polar surface area (TPSA) is 75.5 Å². The highest BCUT2D eigenvalue weighted by atomic mass is 16.5. The Morgan fingerprint density at radius 3 is 2.94 bits per heavy atom. The van der Waals surface area contributed by atoms with E-state index in [1.807, 2.05) is 6.07 Å². The number of carboxylic acid groups (broad SMARTS) is 1. The molecule has 0 radical (unpaired) electrons. The highest BCUT2D eigenvalue weighted by molar-refractivity contribution is 5.66. The molecule has 92 valence electrons. The number of aliphatic carboxylic acids is 1. The molecule has 6 nitrogen and oxygen atoms in total. The van der Waals surface area contributed by atoms with E-state index >= 15 is 0 Å². The van der Waals surface area contributed by atoms with Crippen LogP contribution in [0.4, 0.5) is 5.82 Å². The summed E-state index contributed by atoms with van der Waals surface area (Å²) in [6.07, 6.45) is 2.11. The zero-order valence-electron chi connectivity index (χ0n) is 9.50. The molecule has 1 aliphatic rings. The van der Waals surface area contributed by atoms with Crippen LogP contribution in [0.1, 0.15) is 12.2 Å². The fraction of sp³-hybridized carbons (Fsp3) is 0.545. The molecular formula is C11H15N3O3. The Morgan fingerprint density at radius 1 is 1.47 bits per heavy atom. The lowest BCUT2D eigenvalue weighted by Gasteiger charge is -2.27. The molecule has 2 heterocycles. The van der Waals surface area contributed by atoms with Crippen molar-refractivity contribution in [2.24, 2.45) is 0 Å². The predicted molar refractivity (Wildman–Crippen MR) is 61.0 cm³/mol. The van der Waals surface area contributed by atoms with Crippen molar-refractivity contribution >= 4 is 11.8 Å². The largest absolute Gasteiger partial charge is 0.481 e. The Hall–Kier alpha value is -1.69. The number of morpholine rings is 1. The average molecular weight is 237 g/mol. The number of hydrogen-bond acceptors (Lipinski definition) is 5. The lowest BCUT2D eigenvalue weighted by Crippen LogP contribution is -2.36. The fourth-order valence-electron chi connectivity index (χ4n) is 1.70. The average Bonchev–Trinajstić information content (AvgIpc) is 2.38. The van der Waals surface area contributed by atoms with Crippen molar-refractivity contribution in [3.05, 3.63) is 18.1 Å². The molecule has 0 atom stereocenters. The molecule has 0 amide bonds. The number of carboxylic acids is 1. The lowest BCUT2D eigenvalue weighted by atomic mass is 10.3. The van der Waals surface area contributed by atoms with Gasteiger partial charge >= 0.3 is 5.97 Å². The number of rotatable bonds is 4. The van der Waals surface area contributed by atoms with Crippen LogP contribution in [0, 0.1) is 0 Å². The summed E-state index contributed by atoms with van der Waals surface area (Å²) in [6.45, 7) is 3.04. The third-order valence-corrected chi connectivity index (χ3v) is 2.59. The number of carbonyl (C=O) groups is 1. The second-order valence-corrected chi connectivity index (χ2v) is 3.82. The fourth-order valence-corrected chi connectivity index (χ4v) is 1.70. The third-order valence-electron chi connectivity index (χ3n) is 2.59. The maximum Gasteiger partial charge on any atom is 0.303 e. The summed E-state index contributed by atoms with van der Waals surface area (Å²) in [6, 6.07) is 1.84. The Bertz CT molecular complexity index is 391. The van der Waals surface area contributed by atoms with Crippen LogP contribution in [0.15, 0.2) is 12.3 Å². The first-order valence-corrected chi connectivity index (χ1v) is 5.62. The maximum absolute atomic E-state index is 10.5. The van der Waals surface area contributed by atoms with Crippen LogP contribution in [0.25, 0.3) is 0 Å². The van der Waals surface area contributed by atoms with Gasteiger partial charge < -0.3 is 14.7 Å². The van der Waals surface area contributed by atoms with E-state index in [-0.39, 0.29) is 6.42 Å². The van der Waals surface area contributed by atoms with E-state index in [1.54, 1.807) is 6.20 Å². The zero-order valence-corrected chi connectivity index (χ0v) is 9.50. The van der Waals surface area contributed by atoms with Gasteiger partial charge in [-0.2, -0.15) is 0 Å². The Morgan fingerprint density at radius 2 is 2.24 bits per heavy atom. The molecular weight excluding hydrogens is 222 g/mol. The molecule has 1 N–H and O–H groups in total. The van der Waals surface area contributed by atoms with Gasteiger partial charge in [0.05, 0.1) is 19.6 Å². The molecule has 0 spiro atoms. The van der Waals surface area contributed by atoms with Crippen LogP contribution < -0.4 is 4.90 Å². The molecule has 0 saturated carbocycles. The van der Waals surface area contributed by atoms with Gasteiger partial charge in [-0.1, -0.05) is 0 Å². The molecule has 17 heavy (non-hydrogen) atoms. The quantitative estimate of drug-likeness (QED) is 0.813. The highest BCUT2D eigenvalue weighted by Crippen LogP contribution is 2.12. The van der Waals surface area contributed by atoms with Crippen molar-refractivity contribution in [3.63, 3.8) is 0 Å². The second kappa shape index (κ2) is 5.58. The molecule has 2 rings (SSSR count). The molecule has 6 heteroatoms. The van der Waals surface area contributed by atoms with Gasteiger partial charge in [0.15, 0.2) is 0 Å². The summed E-state index contributed by atoms with van der Waals surface area (Å²) in [5.41, 5.74) is 0. The van der Waals surface area contributed by atoms with Crippen molar-refractivity contribution in [1.29, 1.82) is 0 Å². The van der Waals surface area contributed by atoms with Crippen molar-refractivity contribution < 1.29 is 14.6 Å². The normalized spacial score (nSPS) is 15.9. The van der Waals surface area contributed by atoms with E-state index in [0.717, 1.165) is 18.9 Å². The predicted octanol–water partition coefficient (Wildman–Crippen LogP) is 0.330. The van der Waals surface area contributed by atoms with Gasteiger partial charge in [0.25, 0.3) is 0 Å². The Kier molecular flexibility index (Phi) is 3.87. The Balaban J connectivity index is 2.02. The van der Waals surface area contributed by atoms with Gasteiger partial charge in [-0.05, 0) is 6.07 Å². The second-order valence-electron chi connectivity index (χ2n) is 3.82. The molecule has 0 bridgehead atoms. The number of ether oxygens (including phenoxy) is 1. The van der Waals surface area contributed by atoms with Crippen molar-refractivity contribution in [2.45, 2.75) is 12.8 Å². The minimum absolute atomic E-state index is 0.0621. The molecule has 0 aliphatic carbocycles. The molecule has 0 unspecified atom stereocenters. The van der Waals surface area contributed by atoms with E-state index in [4.69, 9.17) is 9.84 Å². The lowest BCUT2D eigenvalue weighted by molar-refractivity contribution is -0.137. The molecule has 1 aromatic heterocycles. The standard InChI is InChI=1S/C11H15N3O3/c15-11(16)2-1-9-12-4-3-10(13-9)14-5-7-17-8-6-14/h3-4H,1-2,5-8H2,(H,15,16). The van der Waals surface area contributed by atoms with Crippen molar-refractivity contribution in [2.75, 3.05) is 31.2 Å². The number of hydrogen-bond donors (Lipinski definition) is 1. The van der Waals surface area contributed by atoms with Gasteiger partial charge in [0.1, 0.15) is 11.6 Å². The zero-order chi connectivity index (χ0) is 12.1. The van der Waals surface area contributed by atoms with Crippen LogP contribution in [0.3, 0.4) is 0 Å². The first kappa shape index (κ1) is 11.8. The summed E-state index contributed by atoms with van der Waals surface area (Å²) >= 11 is 0. The summed E-state index contributed by atoms with van der Waals surface area (Å²) in [4.78, 5) is 21.0. The summed E-state index contributed by atoms with van der Waals surface area (Å²) in [5.74, 6) is 0.602. The van der Waals surface area contributed by atoms with Crippen LogP contribution in [-0.2, 0) is 16.0 Å². The number of nitrogens with zero attached hydrogens (tertiary/aromatic N) is 3. The first-order chi connectivity index (χ1) is 8.25. The monoisotopic (exact) mass is 237 g/mol. The van der Waals surface area contributed by atoms with E-state index in [9.17, 15) is 4.79 Å². The van der Waals surface area contributed by atoms with Crippen molar-refractivity contribution in [3.8, 4) is 0 Å². The molecule has 1 aromatic rings. The van der Waals surface area contributed by atoms with Crippen LogP contribution >= 0.6 is 0 Å². The van der Waals surface area contributed by atoms with Crippen LogP contribution in [-0.4, -0.2) is 47.3 Å². The van der Waals surface area contributed by atoms with E-state index < -0.39 is 5.97 Å². The smallest absolute Gasteiger partial charge is 0.303 e. The summed E-state index contributed by atoms with van der Waals surface area (Å²) < 4.78 is 5.27. The van der Waals surface area contributed by atoms with Gasteiger partial charge in [-0.15, -0.1) is 0 Å². The van der Waals surface area contributed by atoms with Gasteiger partial charge in [-0.3, -0.25) is 4.79 Å². The Labute approximate surface area is 99.2 Å². The van der Waals surface area contributed by atoms with E-state index in [1.165, 1.54) is 0 Å². The third kappa shape index (κ3) is 3.39. The SMILES string of the molecule is O=C(O)CCc1nccc(N2CCOCC2)n1. The first-order valence-electron chi connectivity index (χ1n) is 5.62. The summed E-state index contributed by atoms with van der Waals surface area (Å²) in [5, 5.41) is 8.61. The van der Waals surface area contributed by atoms with E-state index in [0.29, 0.717) is 25.5 Å². The van der Waals surface area contributed by atoms with E-state index in [2.05, 4.69) is 14.9 Å². The molecule has 0 aromatic carbocycles. The van der Waals surface area contributed by atoms with Gasteiger partial charge in [0.2, 0.25) is 0 Å². The number of aromatic nitrogens is 2.